The van der Waals surface area contributed by atoms with Gasteiger partial charge in [0.15, 0.2) is 0 Å². The van der Waals surface area contributed by atoms with Crippen LogP contribution in [0.15, 0.2) is 0 Å². The Balaban J connectivity index is 1.92. The molecule has 1 atom stereocenters. The molecule has 3 N–H and O–H groups in total. The normalized spacial score (nSPS) is 28.1. The molecule has 4 nitrogen and oxygen atoms in total. The molecule has 2 rings (SSSR count). The lowest BCUT2D eigenvalue weighted by Gasteiger charge is -2.39. The average Bonchev–Trinajstić information content (AvgIpc) is 2.40. The number of rotatable bonds is 3. The zero-order chi connectivity index (χ0) is 13.0. The van der Waals surface area contributed by atoms with Crippen LogP contribution < -0.4 is 11.1 Å². The van der Waals surface area contributed by atoms with Gasteiger partial charge in [0, 0.05) is 32.1 Å². The molecule has 1 aliphatic heterocycles. The molecule has 104 valence electrons. The van der Waals surface area contributed by atoms with E-state index in [1.54, 1.807) is 0 Å². The van der Waals surface area contributed by atoms with E-state index in [9.17, 15) is 4.79 Å². The van der Waals surface area contributed by atoms with Crippen LogP contribution in [-0.4, -0.2) is 43.0 Å². The highest BCUT2D eigenvalue weighted by molar-refractivity contribution is 5.77. The van der Waals surface area contributed by atoms with E-state index in [4.69, 9.17) is 5.73 Å². The lowest BCUT2D eigenvalue weighted by Crippen LogP contribution is -2.52. The Hall–Kier alpha value is -0.610. The summed E-state index contributed by atoms with van der Waals surface area (Å²) in [6.45, 7) is 5.42. The first-order valence-electron chi connectivity index (χ1n) is 7.36. The fourth-order valence-corrected chi connectivity index (χ4v) is 3.35. The van der Waals surface area contributed by atoms with Crippen LogP contribution in [0, 0.1) is 5.41 Å². The van der Waals surface area contributed by atoms with E-state index in [0.717, 1.165) is 32.5 Å². The highest BCUT2D eigenvalue weighted by Gasteiger charge is 2.35. The van der Waals surface area contributed by atoms with Gasteiger partial charge in [0.2, 0.25) is 5.91 Å². The number of hydrogen-bond donors (Lipinski definition) is 2. The zero-order valence-corrected chi connectivity index (χ0v) is 11.6. The summed E-state index contributed by atoms with van der Waals surface area (Å²) in [5, 5.41) is 3.38. The lowest BCUT2D eigenvalue weighted by molar-refractivity contribution is -0.135. The van der Waals surface area contributed by atoms with Crippen molar-refractivity contribution in [3.05, 3.63) is 0 Å². The van der Waals surface area contributed by atoms with Gasteiger partial charge in [0.25, 0.3) is 0 Å². The number of nitrogens with one attached hydrogen (secondary N) is 1. The predicted octanol–water partition coefficient (Wildman–Crippen LogP) is 1.11. The molecule has 0 aromatic heterocycles. The second kappa shape index (κ2) is 6.02. The van der Waals surface area contributed by atoms with Crippen LogP contribution in [0.3, 0.4) is 0 Å². The second-order valence-electron chi connectivity index (χ2n) is 6.14. The summed E-state index contributed by atoms with van der Waals surface area (Å²) >= 11 is 0. The fourth-order valence-electron chi connectivity index (χ4n) is 3.35. The molecule has 0 spiro atoms. The molecule has 2 fully saturated rings. The number of carbonyl (C=O) groups is 1. The van der Waals surface area contributed by atoms with Gasteiger partial charge in [-0.25, -0.2) is 0 Å². The topological polar surface area (TPSA) is 58.4 Å². The minimum Gasteiger partial charge on any atom is -0.340 e. The summed E-state index contributed by atoms with van der Waals surface area (Å²) in [4.78, 5) is 14.4. The number of nitrogens with zero attached hydrogens (tertiary/aromatic N) is 1. The Bertz CT molecular complexity index is 287. The van der Waals surface area contributed by atoms with E-state index in [-0.39, 0.29) is 5.41 Å². The Morgan fingerprint density at radius 2 is 2.11 bits per heavy atom. The molecule has 1 amide bonds. The van der Waals surface area contributed by atoms with Gasteiger partial charge >= 0.3 is 0 Å². The quantitative estimate of drug-likeness (QED) is 0.792. The molecule has 0 radical (unpaired) electrons. The Morgan fingerprint density at radius 1 is 1.39 bits per heavy atom. The summed E-state index contributed by atoms with van der Waals surface area (Å²) in [6, 6.07) is 0.419. The SMILES string of the molecule is CC1CN(C(=O)CC2(CN)CCCCC2)CCN1. The van der Waals surface area contributed by atoms with E-state index in [2.05, 4.69) is 12.2 Å². The van der Waals surface area contributed by atoms with Crippen molar-refractivity contribution < 1.29 is 4.79 Å². The summed E-state index contributed by atoms with van der Waals surface area (Å²) in [6.07, 6.45) is 6.72. The van der Waals surface area contributed by atoms with Crippen LogP contribution in [0.2, 0.25) is 0 Å². The molecule has 0 bridgehead atoms. The monoisotopic (exact) mass is 253 g/mol. The molecule has 2 aliphatic rings. The second-order valence-corrected chi connectivity index (χ2v) is 6.14. The Morgan fingerprint density at radius 3 is 2.72 bits per heavy atom. The van der Waals surface area contributed by atoms with E-state index in [1.807, 2.05) is 4.90 Å². The highest BCUT2D eigenvalue weighted by Crippen LogP contribution is 2.38. The third-order valence-electron chi connectivity index (χ3n) is 4.59. The molecule has 1 saturated heterocycles. The predicted molar refractivity (Wildman–Crippen MR) is 73.2 cm³/mol. The summed E-state index contributed by atoms with van der Waals surface area (Å²) in [5.41, 5.74) is 6.06. The zero-order valence-electron chi connectivity index (χ0n) is 11.6. The van der Waals surface area contributed by atoms with Gasteiger partial charge in [-0.1, -0.05) is 19.3 Å². The van der Waals surface area contributed by atoms with Crippen LogP contribution in [0.4, 0.5) is 0 Å². The number of carbonyl (C=O) groups excluding carboxylic acids is 1. The molecular formula is C14H27N3O. The van der Waals surface area contributed by atoms with Gasteiger partial charge in [-0.3, -0.25) is 4.79 Å². The fraction of sp³-hybridized carbons (Fsp3) is 0.929. The molecule has 0 aromatic rings. The maximum atomic E-state index is 12.4. The van der Waals surface area contributed by atoms with Crippen molar-refractivity contribution in [2.45, 2.75) is 51.5 Å². The van der Waals surface area contributed by atoms with Crippen LogP contribution in [-0.2, 0) is 4.79 Å². The standard InChI is InChI=1S/C14H27N3O/c1-12-10-17(8-7-16-12)13(18)9-14(11-15)5-3-2-4-6-14/h12,16H,2-11,15H2,1H3. The van der Waals surface area contributed by atoms with Crippen molar-refractivity contribution in [1.29, 1.82) is 0 Å². The van der Waals surface area contributed by atoms with Crippen molar-refractivity contribution in [3.63, 3.8) is 0 Å². The minimum absolute atomic E-state index is 0.101. The summed E-state index contributed by atoms with van der Waals surface area (Å²) in [5.74, 6) is 0.315. The molecule has 1 heterocycles. The van der Waals surface area contributed by atoms with E-state index in [1.165, 1.54) is 19.3 Å². The van der Waals surface area contributed by atoms with Gasteiger partial charge in [-0.05, 0) is 31.7 Å². The molecule has 4 heteroatoms. The van der Waals surface area contributed by atoms with Crippen molar-refractivity contribution in [2.24, 2.45) is 11.1 Å². The summed E-state index contributed by atoms with van der Waals surface area (Å²) in [7, 11) is 0. The molecular weight excluding hydrogens is 226 g/mol. The molecule has 1 unspecified atom stereocenters. The summed E-state index contributed by atoms with van der Waals surface area (Å²) < 4.78 is 0. The minimum atomic E-state index is 0.101. The van der Waals surface area contributed by atoms with Gasteiger partial charge in [0.1, 0.15) is 0 Å². The van der Waals surface area contributed by atoms with E-state index >= 15 is 0 Å². The first-order valence-corrected chi connectivity index (χ1v) is 7.36. The van der Waals surface area contributed by atoms with Gasteiger partial charge < -0.3 is 16.0 Å². The number of nitrogens with two attached hydrogens (primary N) is 1. The van der Waals surface area contributed by atoms with Crippen molar-refractivity contribution in [3.8, 4) is 0 Å². The molecule has 1 saturated carbocycles. The van der Waals surface area contributed by atoms with E-state index < -0.39 is 0 Å². The highest BCUT2D eigenvalue weighted by atomic mass is 16.2. The lowest BCUT2D eigenvalue weighted by atomic mass is 9.71. The third kappa shape index (κ3) is 3.23. The van der Waals surface area contributed by atoms with Gasteiger partial charge in [0.05, 0.1) is 0 Å². The maximum absolute atomic E-state index is 12.4. The van der Waals surface area contributed by atoms with Crippen LogP contribution in [0.25, 0.3) is 0 Å². The van der Waals surface area contributed by atoms with Crippen molar-refractivity contribution in [1.82, 2.24) is 10.2 Å². The largest absolute Gasteiger partial charge is 0.340 e. The average molecular weight is 253 g/mol. The van der Waals surface area contributed by atoms with Gasteiger partial charge in [-0.2, -0.15) is 0 Å². The van der Waals surface area contributed by atoms with Gasteiger partial charge in [-0.15, -0.1) is 0 Å². The van der Waals surface area contributed by atoms with Crippen LogP contribution in [0.1, 0.15) is 45.4 Å². The van der Waals surface area contributed by atoms with Crippen LogP contribution in [0.5, 0.6) is 0 Å². The first kappa shape index (κ1) is 13.8. The Kier molecular flexibility index (Phi) is 4.62. The molecule has 0 aromatic carbocycles. The van der Waals surface area contributed by atoms with Crippen molar-refractivity contribution in [2.75, 3.05) is 26.2 Å². The maximum Gasteiger partial charge on any atom is 0.223 e. The third-order valence-corrected chi connectivity index (χ3v) is 4.59. The smallest absolute Gasteiger partial charge is 0.223 e. The number of piperazine rings is 1. The molecule has 18 heavy (non-hydrogen) atoms. The number of amides is 1. The first-order chi connectivity index (χ1) is 8.65. The van der Waals surface area contributed by atoms with Crippen LogP contribution >= 0.6 is 0 Å². The Labute approximate surface area is 110 Å². The van der Waals surface area contributed by atoms with E-state index in [0.29, 0.717) is 24.9 Å². The van der Waals surface area contributed by atoms with Crippen molar-refractivity contribution >= 4 is 5.91 Å². The number of hydrogen-bond acceptors (Lipinski definition) is 3. The molecule has 1 aliphatic carbocycles.